The van der Waals surface area contributed by atoms with Crippen molar-refractivity contribution in [3.8, 4) is 0 Å². The highest BCUT2D eigenvalue weighted by Crippen LogP contribution is 2.35. The molecule has 20 heavy (non-hydrogen) atoms. The van der Waals surface area contributed by atoms with Crippen LogP contribution in [0.4, 0.5) is 8.78 Å². The molecule has 6 heteroatoms. The monoisotopic (exact) mass is 360 g/mol. The molecule has 0 saturated heterocycles. The molecule has 0 aliphatic carbocycles. The van der Waals surface area contributed by atoms with Crippen LogP contribution in [-0.4, -0.2) is 11.1 Å². The zero-order chi connectivity index (χ0) is 14.9. The maximum atomic E-state index is 13.2. The molecule has 0 saturated carbocycles. The van der Waals surface area contributed by atoms with E-state index in [1.807, 2.05) is 6.92 Å². The van der Waals surface area contributed by atoms with E-state index in [2.05, 4.69) is 15.9 Å². The van der Waals surface area contributed by atoms with Crippen molar-refractivity contribution in [1.29, 1.82) is 0 Å². The molecule has 1 aromatic heterocycles. The number of hydrogen-bond donors (Lipinski definition) is 1. The van der Waals surface area contributed by atoms with E-state index in [-0.39, 0.29) is 4.88 Å². The topological polar surface area (TPSA) is 37.3 Å². The number of rotatable bonds is 4. The van der Waals surface area contributed by atoms with Gasteiger partial charge < -0.3 is 5.11 Å². The van der Waals surface area contributed by atoms with Gasteiger partial charge in [0.15, 0.2) is 11.6 Å². The molecular formula is C14H11BrF2O2S. The van der Waals surface area contributed by atoms with Crippen molar-refractivity contribution in [3.63, 3.8) is 0 Å². The second-order valence-corrected chi connectivity index (χ2v) is 6.13. The normalized spacial score (nSPS) is 10.8. The Labute approximate surface area is 127 Å². The Bertz CT molecular complexity index is 667. The minimum atomic E-state index is -0.992. The third kappa shape index (κ3) is 2.91. The number of benzene rings is 1. The predicted octanol–water partition coefficient (Wildman–Crippen LogP) is 4.64. The largest absolute Gasteiger partial charge is 0.477 e. The van der Waals surface area contributed by atoms with E-state index in [4.69, 9.17) is 5.11 Å². The van der Waals surface area contributed by atoms with Gasteiger partial charge in [0.1, 0.15) is 4.88 Å². The first kappa shape index (κ1) is 15.1. The fourth-order valence-corrected chi connectivity index (χ4v) is 4.17. The summed E-state index contributed by atoms with van der Waals surface area (Å²) in [6.07, 6.45) is 1.06. The van der Waals surface area contributed by atoms with Gasteiger partial charge in [-0.15, -0.1) is 11.3 Å². The molecular weight excluding hydrogens is 350 g/mol. The number of halogens is 3. The Morgan fingerprint density at radius 2 is 2.05 bits per heavy atom. The predicted molar refractivity (Wildman–Crippen MR) is 77.5 cm³/mol. The smallest absolute Gasteiger partial charge is 0.347 e. The molecule has 0 aliphatic heterocycles. The first-order valence-electron chi connectivity index (χ1n) is 5.91. The molecule has 0 unspecified atom stereocenters. The minimum absolute atomic E-state index is 0.236. The van der Waals surface area contributed by atoms with Crippen LogP contribution in [0.5, 0.6) is 0 Å². The van der Waals surface area contributed by atoms with Gasteiger partial charge in [-0.3, -0.25) is 0 Å². The Kier molecular flexibility index (Phi) is 4.55. The quantitative estimate of drug-likeness (QED) is 0.862. The average molecular weight is 361 g/mol. The number of carbonyl (C=O) groups is 1. The first-order chi connectivity index (χ1) is 9.43. The van der Waals surface area contributed by atoms with Gasteiger partial charge >= 0.3 is 5.97 Å². The lowest BCUT2D eigenvalue weighted by molar-refractivity contribution is 0.0701. The number of carboxylic acids is 1. The molecule has 0 aliphatic rings. The molecule has 1 aromatic carbocycles. The summed E-state index contributed by atoms with van der Waals surface area (Å²) in [4.78, 5) is 12.2. The SMILES string of the molecule is CCc1c(Cc2ccc(F)c(F)c2)sc(C(=O)O)c1Br. The summed E-state index contributed by atoms with van der Waals surface area (Å²) in [5.41, 5.74) is 1.52. The van der Waals surface area contributed by atoms with Gasteiger partial charge in [-0.05, 0) is 45.6 Å². The molecule has 2 aromatic rings. The molecule has 1 heterocycles. The number of hydrogen-bond acceptors (Lipinski definition) is 2. The molecule has 0 fully saturated rings. The molecule has 0 spiro atoms. The highest BCUT2D eigenvalue weighted by Gasteiger charge is 2.20. The number of aromatic carboxylic acids is 1. The van der Waals surface area contributed by atoms with E-state index in [1.165, 1.54) is 6.07 Å². The van der Waals surface area contributed by atoms with E-state index in [0.717, 1.165) is 33.9 Å². The van der Waals surface area contributed by atoms with Crippen molar-refractivity contribution in [2.75, 3.05) is 0 Å². The molecule has 0 radical (unpaired) electrons. The fraction of sp³-hybridized carbons (Fsp3) is 0.214. The standard InChI is InChI=1S/C14H11BrF2O2S/c1-2-8-11(20-13(12(8)15)14(18)19)6-7-3-4-9(16)10(17)5-7/h3-5H,2,6H2,1H3,(H,18,19). The van der Waals surface area contributed by atoms with E-state index in [9.17, 15) is 13.6 Å². The second kappa shape index (κ2) is 6.01. The highest BCUT2D eigenvalue weighted by molar-refractivity contribution is 9.10. The summed E-state index contributed by atoms with van der Waals surface area (Å²) in [6, 6.07) is 3.73. The van der Waals surface area contributed by atoms with Gasteiger partial charge in [0.2, 0.25) is 0 Å². The summed E-state index contributed by atoms with van der Waals surface area (Å²) >= 11 is 4.46. The van der Waals surface area contributed by atoms with Gasteiger partial charge in [-0.1, -0.05) is 13.0 Å². The summed E-state index contributed by atoms with van der Waals surface area (Å²) in [7, 11) is 0. The van der Waals surface area contributed by atoms with Crippen LogP contribution in [0, 0.1) is 11.6 Å². The second-order valence-electron chi connectivity index (χ2n) is 4.23. The van der Waals surface area contributed by atoms with Crippen molar-refractivity contribution >= 4 is 33.2 Å². The maximum Gasteiger partial charge on any atom is 0.347 e. The Morgan fingerprint density at radius 3 is 2.60 bits per heavy atom. The first-order valence-corrected chi connectivity index (χ1v) is 7.52. The van der Waals surface area contributed by atoms with Crippen molar-refractivity contribution < 1.29 is 18.7 Å². The van der Waals surface area contributed by atoms with Gasteiger partial charge in [-0.2, -0.15) is 0 Å². The van der Waals surface area contributed by atoms with Crippen molar-refractivity contribution in [2.24, 2.45) is 0 Å². The zero-order valence-electron chi connectivity index (χ0n) is 10.5. The van der Waals surface area contributed by atoms with Crippen LogP contribution in [-0.2, 0) is 12.8 Å². The van der Waals surface area contributed by atoms with Crippen LogP contribution in [0.1, 0.15) is 32.6 Å². The highest BCUT2D eigenvalue weighted by atomic mass is 79.9. The van der Waals surface area contributed by atoms with E-state index < -0.39 is 17.6 Å². The molecule has 0 bridgehead atoms. The lowest BCUT2D eigenvalue weighted by atomic mass is 10.1. The third-order valence-electron chi connectivity index (χ3n) is 2.92. The Hall–Kier alpha value is -1.27. The molecule has 106 valence electrons. The fourth-order valence-electron chi connectivity index (χ4n) is 1.96. The lowest BCUT2D eigenvalue weighted by Gasteiger charge is -2.03. The van der Waals surface area contributed by atoms with Crippen LogP contribution in [0.3, 0.4) is 0 Å². The maximum absolute atomic E-state index is 13.2. The number of thiophene rings is 1. The third-order valence-corrected chi connectivity index (χ3v) is 5.28. The van der Waals surface area contributed by atoms with Crippen molar-refractivity contribution in [2.45, 2.75) is 19.8 Å². The van der Waals surface area contributed by atoms with Crippen LogP contribution < -0.4 is 0 Å². The molecule has 2 nitrogen and oxygen atoms in total. The zero-order valence-corrected chi connectivity index (χ0v) is 12.9. The van der Waals surface area contributed by atoms with Gasteiger partial charge in [0, 0.05) is 15.8 Å². The number of carboxylic acid groups (broad SMARTS) is 1. The van der Waals surface area contributed by atoms with Crippen LogP contribution >= 0.6 is 27.3 Å². The average Bonchev–Trinajstić information content (AvgIpc) is 2.70. The van der Waals surface area contributed by atoms with Crippen molar-refractivity contribution in [1.82, 2.24) is 0 Å². The summed E-state index contributed by atoms with van der Waals surface area (Å²) in [6.45, 7) is 1.92. The minimum Gasteiger partial charge on any atom is -0.477 e. The van der Waals surface area contributed by atoms with Crippen LogP contribution in [0.2, 0.25) is 0 Å². The lowest BCUT2D eigenvalue weighted by Crippen LogP contribution is -1.93. The van der Waals surface area contributed by atoms with Gasteiger partial charge in [0.25, 0.3) is 0 Å². The Morgan fingerprint density at radius 1 is 1.35 bits per heavy atom. The summed E-state index contributed by atoms with van der Waals surface area (Å²) in [5, 5.41) is 9.12. The van der Waals surface area contributed by atoms with E-state index in [0.29, 0.717) is 22.9 Å². The molecule has 0 atom stereocenters. The molecule has 2 rings (SSSR count). The molecule has 0 amide bonds. The van der Waals surface area contributed by atoms with Crippen LogP contribution in [0.15, 0.2) is 22.7 Å². The summed E-state index contributed by atoms with van der Waals surface area (Å²) in [5.74, 6) is -2.77. The van der Waals surface area contributed by atoms with Crippen molar-refractivity contribution in [3.05, 3.63) is 55.2 Å². The molecule has 1 N–H and O–H groups in total. The van der Waals surface area contributed by atoms with Gasteiger partial charge in [0.05, 0.1) is 0 Å². The van der Waals surface area contributed by atoms with Crippen LogP contribution in [0.25, 0.3) is 0 Å². The van der Waals surface area contributed by atoms with Gasteiger partial charge in [-0.25, -0.2) is 13.6 Å². The van der Waals surface area contributed by atoms with E-state index in [1.54, 1.807) is 0 Å². The summed E-state index contributed by atoms with van der Waals surface area (Å²) < 4.78 is 26.7. The van der Waals surface area contributed by atoms with E-state index >= 15 is 0 Å². The Balaban J connectivity index is 2.40.